The van der Waals surface area contributed by atoms with Crippen molar-refractivity contribution in [3.05, 3.63) is 54.0 Å². The van der Waals surface area contributed by atoms with Gasteiger partial charge < -0.3 is 19.5 Å². The second-order valence-corrected chi connectivity index (χ2v) is 8.68. The molecule has 0 saturated carbocycles. The van der Waals surface area contributed by atoms with Crippen LogP contribution in [0.15, 0.2) is 36.8 Å². The van der Waals surface area contributed by atoms with Crippen molar-refractivity contribution in [3.8, 4) is 28.3 Å². The van der Waals surface area contributed by atoms with Gasteiger partial charge in [-0.2, -0.15) is 5.10 Å². The summed E-state index contributed by atoms with van der Waals surface area (Å²) in [6.45, 7) is 2.20. The Bertz CT molecular complexity index is 1460. The Morgan fingerprint density at radius 2 is 2.00 bits per heavy atom. The van der Waals surface area contributed by atoms with Crippen molar-refractivity contribution in [1.29, 1.82) is 0 Å². The number of amides is 1. The van der Waals surface area contributed by atoms with E-state index in [1.807, 2.05) is 10.9 Å². The zero-order valence-electron chi connectivity index (χ0n) is 19.3. The van der Waals surface area contributed by atoms with Gasteiger partial charge in [0.1, 0.15) is 6.10 Å². The van der Waals surface area contributed by atoms with Gasteiger partial charge in [-0.1, -0.05) is 0 Å². The third kappa shape index (κ3) is 3.88. The summed E-state index contributed by atoms with van der Waals surface area (Å²) in [5, 5.41) is 11.5. The van der Waals surface area contributed by atoms with Crippen molar-refractivity contribution in [2.24, 2.45) is 0 Å². The van der Waals surface area contributed by atoms with Gasteiger partial charge in [0, 0.05) is 36.4 Å². The van der Waals surface area contributed by atoms with Crippen LogP contribution >= 0.6 is 0 Å². The van der Waals surface area contributed by atoms with Crippen LogP contribution in [-0.2, 0) is 9.47 Å². The highest BCUT2D eigenvalue weighted by Crippen LogP contribution is 2.34. The number of hydrogen-bond acceptors (Lipinski definition) is 7. The van der Waals surface area contributed by atoms with E-state index >= 15 is 0 Å². The largest absolute Gasteiger partial charge is 0.470 e. The minimum absolute atomic E-state index is 0.0232. The molecule has 4 aromatic rings. The van der Waals surface area contributed by atoms with Crippen molar-refractivity contribution < 1.29 is 27.8 Å². The first-order chi connectivity index (χ1) is 17.5. The molecule has 1 aromatic carbocycles. The van der Waals surface area contributed by atoms with Crippen molar-refractivity contribution in [3.63, 3.8) is 0 Å². The monoisotopic (exact) mass is 496 g/mol. The molecule has 0 spiro atoms. The molecule has 2 aliphatic rings. The molecule has 10 nitrogen and oxygen atoms in total. The fourth-order valence-corrected chi connectivity index (χ4v) is 4.24. The number of nitrogens with one attached hydrogen (secondary N) is 1. The molecule has 186 valence electrons. The minimum Gasteiger partial charge on any atom is -0.470 e. The average molecular weight is 496 g/mol. The summed E-state index contributed by atoms with van der Waals surface area (Å²) >= 11 is 0. The molecule has 0 bridgehead atoms. The van der Waals surface area contributed by atoms with Crippen molar-refractivity contribution in [1.82, 2.24) is 29.7 Å². The Labute approximate surface area is 203 Å². The molecule has 3 aromatic heterocycles. The standard InChI is InChI=1S/C24H22F2N6O4/c1-27-23(33)13-4-18(22(26)19(25)5-13)20-8-28-21-6-17(14-7-29-31(9-14)15-10-35-11-15)24(30-32(20)21)36-16-2-3-34-12-16/h4-9,15-16H,2-3,10-12H2,1H3,(H,27,33)/t16-/m0/s1. The molecule has 2 saturated heterocycles. The second kappa shape index (κ2) is 8.95. The fraction of sp³-hybridized carbons (Fsp3) is 0.333. The molecule has 2 fully saturated rings. The van der Waals surface area contributed by atoms with Gasteiger partial charge >= 0.3 is 0 Å². The number of halogens is 2. The van der Waals surface area contributed by atoms with E-state index in [2.05, 4.69) is 20.5 Å². The lowest BCUT2D eigenvalue weighted by Gasteiger charge is -2.25. The van der Waals surface area contributed by atoms with Crippen LogP contribution in [0, 0.1) is 11.6 Å². The zero-order chi connectivity index (χ0) is 24.8. The summed E-state index contributed by atoms with van der Waals surface area (Å²) in [6.07, 6.45) is 5.49. The molecule has 0 radical (unpaired) electrons. The molecular formula is C24H22F2N6O4. The Morgan fingerprint density at radius 3 is 2.72 bits per heavy atom. The lowest BCUT2D eigenvalue weighted by Crippen LogP contribution is -2.30. The number of benzene rings is 1. The van der Waals surface area contributed by atoms with E-state index in [1.165, 1.54) is 23.8 Å². The van der Waals surface area contributed by atoms with E-state index in [0.29, 0.717) is 44.1 Å². The number of imidazole rings is 1. The summed E-state index contributed by atoms with van der Waals surface area (Å²) < 4.78 is 49.4. The van der Waals surface area contributed by atoms with E-state index in [0.717, 1.165) is 11.6 Å². The van der Waals surface area contributed by atoms with Gasteiger partial charge in [-0.3, -0.25) is 9.48 Å². The molecule has 6 rings (SSSR count). The Morgan fingerprint density at radius 1 is 1.14 bits per heavy atom. The molecule has 1 N–H and O–H groups in total. The Balaban J connectivity index is 1.48. The van der Waals surface area contributed by atoms with Gasteiger partial charge in [0.2, 0.25) is 5.88 Å². The first-order valence-corrected chi connectivity index (χ1v) is 11.5. The smallest absolute Gasteiger partial charge is 0.251 e. The van der Waals surface area contributed by atoms with E-state index < -0.39 is 17.5 Å². The van der Waals surface area contributed by atoms with Crippen molar-refractivity contribution >= 4 is 11.6 Å². The zero-order valence-corrected chi connectivity index (χ0v) is 19.3. The number of hydrogen-bond donors (Lipinski definition) is 1. The van der Waals surface area contributed by atoms with Crippen LogP contribution in [0.4, 0.5) is 8.78 Å². The van der Waals surface area contributed by atoms with Crippen LogP contribution in [0.2, 0.25) is 0 Å². The number of fused-ring (bicyclic) bond motifs is 1. The number of ether oxygens (including phenoxy) is 3. The van der Waals surface area contributed by atoms with Gasteiger partial charge in [-0.15, -0.1) is 5.10 Å². The molecule has 5 heterocycles. The van der Waals surface area contributed by atoms with Crippen LogP contribution in [0.1, 0.15) is 22.8 Å². The van der Waals surface area contributed by atoms with Gasteiger partial charge in [0.25, 0.3) is 5.91 Å². The number of carbonyl (C=O) groups is 1. The summed E-state index contributed by atoms with van der Waals surface area (Å²) in [5.74, 6) is -2.51. The van der Waals surface area contributed by atoms with E-state index in [9.17, 15) is 13.6 Å². The maximum absolute atomic E-state index is 14.9. The lowest BCUT2D eigenvalue weighted by atomic mass is 10.1. The quantitative estimate of drug-likeness (QED) is 0.438. The highest BCUT2D eigenvalue weighted by atomic mass is 19.2. The van der Waals surface area contributed by atoms with Gasteiger partial charge in [-0.25, -0.2) is 18.3 Å². The average Bonchev–Trinajstić information content (AvgIpc) is 3.60. The third-order valence-corrected chi connectivity index (χ3v) is 6.33. The van der Waals surface area contributed by atoms with Crippen LogP contribution in [0.5, 0.6) is 5.88 Å². The molecule has 1 atom stereocenters. The molecule has 36 heavy (non-hydrogen) atoms. The fourth-order valence-electron chi connectivity index (χ4n) is 4.24. The van der Waals surface area contributed by atoms with Crippen LogP contribution < -0.4 is 10.1 Å². The molecule has 0 unspecified atom stereocenters. The summed E-state index contributed by atoms with van der Waals surface area (Å²) in [6, 6.07) is 4.06. The van der Waals surface area contributed by atoms with E-state index in [-0.39, 0.29) is 34.8 Å². The first-order valence-electron chi connectivity index (χ1n) is 11.5. The number of aromatic nitrogens is 5. The molecule has 2 aliphatic heterocycles. The first kappa shape index (κ1) is 22.6. The van der Waals surface area contributed by atoms with Crippen LogP contribution in [-0.4, -0.2) is 69.9 Å². The Hall–Kier alpha value is -3.90. The van der Waals surface area contributed by atoms with Crippen LogP contribution in [0.25, 0.3) is 28.0 Å². The highest BCUT2D eigenvalue weighted by molar-refractivity contribution is 5.95. The lowest BCUT2D eigenvalue weighted by molar-refractivity contribution is -0.0286. The van der Waals surface area contributed by atoms with Gasteiger partial charge in [-0.05, 0) is 18.2 Å². The number of carbonyl (C=O) groups excluding carboxylic acids is 1. The maximum Gasteiger partial charge on any atom is 0.251 e. The maximum atomic E-state index is 14.9. The second-order valence-electron chi connectivity index (χ2n) is 8.68. The van der Waals surface area contributed by atoms with E-state index in [1.54, 1.807) is 12.3 Å². The molecule has 1 amide bonds. The number of rotatable bonds is 6. The summed E-state index contributed by atoms with van der Waals surface area (Å²) in [5.41, 5.74) is 1.82. The van der Waals surface area contributed by atoms with Crippen molar-refractivity contribution in [2.45, 2.75) is 18.6 Å². The predicted octanol–water partition coefficient (Wildman–Crippen LogP) is 2.64. The topological polar surface area (TPSA) is 105 Å². The van der Waals surface area contributed by atoms with Gasteiger partial charge in [0.05, 0.1) is 56.1 Å². The van der Waals surface area contributed by atoms with Gasteiger partial charge in [0.15, 0.2) is 17.3 Å². The van der Waals surface area contributed by atoms with Crippen molar-refractivity contribution in [2.75, 3.05) is 33.5 Å². The molecular weight excluding hydrogens is 474 g/mol. The predicted molar refractivity (Wildman–Crippen MR) is 123 cm³/mol. The van der Waals surface area contributed by atoms with E-state index in [4.69, 9.17) is 14.2 Å². The molecule has 12 heteroatoms. The third-order valence-electron chi connectivity index (χ3n) is 6.33. The normalized spacial score (nSPS) is 17.9. The number of nitrogens with zero attached hydrogens (tertiary/aromatic N) is 5. The van der Waals surface area contributed by atoms with Crippen LogP contribution in [0.3, 0.4) is 0 Å². The summed E-state index contributed by atoms with van der Waals surface area (Å²) in [7, 11) is 1.41. The Kier molecular flexibility index (Phi) is 5.61. The summed E-state index contributed by atoms with van der Waals surface area (Å²) in [4.78, 5) is 16.5. The highest BCUT2D eigenvalue weighted by Gasteiger charge is 2.26. The minimum atomic E-state index is -1.15. The SMILES string of the molecule is CNC(=O)c1cc(F)c(F)c(-c2cnc3cc(-c4cnn(C5COC5)c4)c(O[C@H]4CCOC4)nn23)c1. The molecule has 0 aliphatic carbocycles.